The molecule has 0 radical (unpaired) electrons. The van der Waals surface area contributed by atoms with Gasteiger partial charge in [-0.25, -0.2) is 4.79 Å². The fourth-order valence-electron chi connectivity index (χ4n) is 2.02. The van der Waals surface area contributed by atoms with Crippen LogP contribution in [0.2, 0.25) is 0 Å². The van der Waals surface area contributed by atoms with Gasteiger partial charge in [-0.05, 0) is 6.07 Å². The van der Waals surface area contributed by atoms with Crippen molar-refractivity contribution in [1.29, 1.82) is 0 Å². The number of nitrogens with zero attached hydrogens (tertiary/aromatic N) is 2. The second-order valence-electron chi connectivity index (χ2n) is 4.77. The van der Waals surface area contributed by atoms with Gasteiger partial charge in [0.25, 0.3) is 0 Å². The topological polar surface area (TPSA) is 174 Å². The number of aliphatic hydroxyl groups excluding tert-OH is 3. The summed E-state index contributed by atoms with van der Waals surface area (Å²) in [6.07, 6.45) is -5.32. The van der Waals surface area contributed by atoms with Crippen LogP contribution in [0.4, 0.5) is 8.78 Å². The van der Waals surface area contributed by atoms with Gasteiger partial charge in [0.15, 0.2) is 11.9 Å². The third kappa shape index (κ3) is 3.12. The van der Waals surface area contributed by atoms with Crippen molar-refractivity contribution in [3.63, 3.8) is 0 Å². The van der Waals surface area contributed by atoms with E-state index in [4.69, 9.17) is 9.84 Å². The van der Waals surface area contributed by atoms with Crippen molar-refractivity contribution in [2.75, 3.05) is 6.61 Å². The molecule has 4 atom stereocenters. The van der Waals surface area contributed by atoms with Crippen LogP contribution in [-0.4, -0.2) is 49.8 Å². The molecule has 0 bridgehead atoms. The van der Waals surface area contributed by atoms with Crippen LogP contribution < -0.4 is 20.4 Å². The summed E-state index contributed by atoms with van der Waals surface area (Å²) >= 11 is 0. The monoisotopic (exact) mass is 356 g/mol. The summed E-state index contributed by atoms with van der Waals surface area (Å²) < 4.78 is 32.2. The zero-order valence-electron chi connectivity index (χ0n) is 11.2. The molecule has 1 fully saturated rings. The number of aromatic nitrogens is 2. The molecule has 0 amide bonds. The lowest BCUT2D eigenvalue weighted by atomic mass is 10.1. The molecule has 1 aliphatic heterocycles. The van der Waals surface area contributed by atoms with Gasteiger partial charge in [-0.1, -0.05) is 7.94 Å². The zero-order valence-corrected chi connectivity index (χ0v) is 12.0. The number of ether oxygens (including phenoxy) is 1. The molecule has 23 heavy (non-hydrogen) atoms. The summed E-state index contributed by atoms with van der Waals surface area (Å²) in [5.74, 6) is 0. The van der Waals surface area contributed by atoms with Crippen LogP contribution >= 0.6 is 7.94 Å². The molecule has 0 aromatic carbocycles. The van der Waals surface area contributed by atoms with Crippen molar-refractivity contribution in [2.45, 2.75) is 30.2 Å². The first-order valence-electron chi connectivity index (χ1n) is 6.12. The van der Waals surface area contributed by atoms with Gasteiger partial charge in [-0.3, -0.25) is 4.57 Å². The number of halogens is 2. The second kappa shape index (κ2) is 6.07. The molecule has 0 spiro atoms. The van der Waals surface area contributed by atoms with E-state index in [2.05, 4.69) is 4.98 Å². The highest BCUT2D eigenvalue weighted by Crippen LogP contribution is 2.55. The lowest BCUT2D eigenvalue weighted by Gasteiger charge is -2.46. The van der Waals surface area contributed by atoms with Crippen molar-refractivity contribution in [1.82, 2.24) is 9.55 Å². The molecule has 10 nitrogen and oxygen atoms in total. The lowest BCUT2D eigenvalue weighted by molar-refractivity contribution is -0.447. The van der Waals surface area contributed by atoms with Gasteiger partial charge in [-0.2, -0.15) is 13.8 Å². The average Bonchev–Trinajstić information content (AvgIpc) is 2.73. The van der Waals surface area contributed by atoms with E-state index in [1.165, 1.54) is 0 Å². The fourth-order valence-corrected chi connectivity index (χ4v) is 2.43. The Hall–Kier alpha value is -1.11. The number of hydrogen-bond donors (Lipinski definition) is 3. The Balaban J connectivity index is 2.37. The Morgan fingerprint density at radius 1 is 1.35 bits per heavy atom. The van der Waals surface area contributed by atoms with E-state index < -0.39 is 56.1 Å². The van der Waals surface area contributed by atoms with Gasteiger partial charge >= 0.3 is 11.4 Å². The predicted molar refractivity (Wildman–Crippen MR) is 62.3 cm³/mol. The molecule has 2 heterocycles. The molecule has 1 aliphatic rings. The van der Waals surface area contributed by atoms with Crippen molar-refractivity contribution in [2.24, 2.45) is 0 Å². The number of aliphatic hydroxyl groups is 3. The highest BCUT2D eigenvalue weighted by atomic mass is 31.2. The van der Waals surface area contributed by atoms with E-state index in [0.717, 1.165) is 0 Å². The third-order valence-corrected chi connectivity index (χ3v) is 4.19. The van der Waals surface area contributed by atoms with E-state index in [-0.39, 0.29) is 0 Å². The summed E-state index contributed by atoms with van der Waals surface area (Å²) in [7, 11) is -6.39. The normalized spacial score (nSPS) is 29.0. The molecular weight excluding hydrogens is 345 g/mol. The fraction of sp³-hybridized carbons (Fsp3) is 0.600. The first-order chi connectivity index (χ1) is 10.5. The first-order valence-corrected chi connectivity index (χ1v) is 7.67. The van der Waals surface area contributed by atoms with Crippen LogP contribution in [0.5, 0.6) is 0 Å². The van der Waals surface area contributed by atoms with E-state index >= 15 is 0 Å². The predicted octanol–water partition coefficient (Wildman–Crippen LogP) is -4.25. The maximum atomic E-state index is 13.4. The Morgan fingerprint density at radius 3 is 2.39 bits per heavy atom. The Kier molecular flexibility index (Phi) is 4.81. The largest absolute Gasteiger partial charge is 0.683 e. The van der Waals surface area contributed by atoms with E-state index in [9.17, 15) is 38.5 Å². The van der Waals surface area contributed by atoms with Crippen molar-refractivity contribution < 1.29 is 43.5 Å². The SMILES string of the molecule is O=c1nc(C(F)(F)[P+]([O-])([O-])[O-])ccn1[C@@H]1O[C@H](CO)[C@@H](O)[C@H]1O. The molecule has 130 valence electrons. The van der Waals surface area contributed by atoms with Crippen molar-refractivity contribution in [3.05, 3.63) is 28.4 Å². The first kappa shape index (κ1) is 18.2. The second-order valence-corrected chi connectivity index (χ2v) is 6.33. The van der Waals surface area contributed by atoms with E-state index in [1.54, 1.807) is 0 Å². The standard InChI is InChI=1S/C10H13F2N2O8P/c11-10(12,23(19,20)21)5-1-2-14(9(18)13-5)8-7(17)6(16)4(3-15)22-8/h1-2,4,6-8,15-17H,3H2,(H2,19,20,21)/p-2/t4-,6-,7-,8-/m1/s1. The molecule has 1 aromatic rings. The van der Waals surface area contributed by atoms with Gasteiger partial charge in [0.2, 0.25) is 0 Å². The van der Waals surface area contributed by atoms with Gasteiger partial charge in [0.1, 0.15) is 18.3 Å². The minimum atomic E-state index is -6.39. The highest BCUT2D eigenvalue weighted by molar-refractivity contribution is 7.55. The Morgan fingerprint density at radius 2 is 1.96 bits per heavy atom. The summed E-state index contributed by atoms with van der Waals surface area (Å²) in [4.78, 5) is 46.1. The molecule has 1 aromatic heterocycles. The van der Waals surface area contributed by atoms with E-state index in [0.29, 0.717) is 16.8 Å². The van der Waals surface area contributed by atoms with Crippen LogP contribution in [0.25, 0.3) is 0 Å². The Labute approximate surface area is 127 Å². The molecule has 2 rings (SSSR count). The quantitative estimate of drug-likeness (QED) is 0.451. The van der Waals surface area contributed by atoms with Gasteiger partial charge in [-0.15, -0.1) is 0 Å². The molecule has 3 N–H and O–H groups in total. The molecule has 1 saturated heterocycles. The van der Waals surface area contributed by atoms with Gasteiger partial charge < -0.3 is 34.7 Å². The maximum Gasteiger partial charge on any atom is 0.379 e. The van der Waals surface area contributed by atoms with Crippen molar-refractivity contribution >= 4 is 7.94 Å². The maximum absolute atomic E-state index is 13.4. The minimum absolute atomic E-state index is 0.401. The van der Waals surface area contributed by atoms with Gasteiger partial charge in [0, 0.05) is 6.20 Å². The van der Waals surface area contributed by atoms with Crippen LogP contribution in [0.3, 0.4) is 0 Å². The van der Waals surface area contributed by atoms with Gasteiger partial charge in [0.05, 0.1) is 6.61 Å². The third-order valence-electron chi connectivity index (χ3n) is 3.27. The summed E-state index contributed by atoms with van der Waals surface area (Å²) in [6.45, 7) is -0.678. The summed E-state index contributed by atoms with van der Waals surface area (Å²) in [5.41, 5.74) is -7.89. The molecule has 0 aliphatic carbocycles. The summed E-state index contributed by atoms with van der Waals surface area (Å²) in [6, 6.07) is 0.401. The van der Waals surface area contributed by atoms with Crippen molar-refractivity contribution in [3.8, 4) is 0 Å². The average molecular weight is 356 g/mol. The number of alkyl halides is 2. The molecule has 0 unspecified atom stereocenters. The Bertz CT molecular complexity index is 636. The molecule has 0 saturated carbocycles. The minimum Gasteiger partial charge on any atom is -0.683 e. The molecular formula is C10H11F2N2O8P-2. The summed E-state index contributed by atoms with van der Waals surface area (Å²) in [5, 5.41) is 28.2. The van der Waals surface area contributed by atoms with E-state index in [1.807, 2.05) is 0 Å². The lowest BCUT2D eigenvalue weighted by Crippen LogP contribution is -2.45. The van der Waals surface area contributed by atoms with Crippen LogP contribution in [0.1, 0.15) is 11.9 Å². The molecule has 13 heteroatoms. The highest BCUT2D eigenvalue weighted by Gasteiger charge is 2.46. The number of rotatable bonds is 4. The van der Waals surface area contributed by atoms with Crippen LogP contribution in [0.15, 0.2) is 17.1 Å². The number of hydrogen-bond acceptors (Lipinski definition) is 9. The van der Waals surface area contributed by atoms with Crippen LogP contribution in [-0.2, 0) is 10.4 Å². The smallest absolute Gasteiger partial charge is 0.379 e. The van der Waals surface area contributed by atoms with Crippen LogP contribution in [0, 0.1) is 0 Å². The zero-order chi connectivity index (χ0) is 17.6.